The first-order chi connectivity index (χ1) is 12.1. The lowest BCUT2D eigenvalue weighted by molar-refractivity contribution is -0.136. The van der Waals surface area contributed by atoms with Crippen molar-refractivity contribution in [2.75, 3.05) is 7.11 Å². The molecule has 0 saturated carbocycles. The van der Waals surface area contributed by atoms with Crippen LogP contribution in [0.25, 0.3) is 5.65 Å². The van der Waals surface area contributed by atoms with Gasteiger partial charge in [-0.05, 0) is 24.3 Å². The van der Waals surface area contributed by atoms with Crippen molar-refractivity contribution in [1.82, 2.24) is 9.38 Å². The van der Waals surface area contributed by atoms with Gasteiger partial charge in [0.25, 0.3) is 0 Å². The molecule has 0 aliphatic heterocycles. The molecule has 8 nitrogen and oxygen atoms in total. The van der Waals surface area contributed by atoms with Crippen molar-refractivity contribution in [2.24, 2.45) is 10.2 Å². The third-order valence-corrected chi connectivity index (χ3v) is 3.45. The molecule has 8 heteroatoms. The van der Waals surface area contributed by atoms with E-state index in [1.165, 1.54) is 7.11 Å². The minimum absolute atomic E-state index is 0.266. The molecule has 3 rings (SSSR count). The molecule has 0 amide bonds. The van der Waals surface area contributed by atoms with Crippen LogP contribution in [0.4, 0.5) is 11.5 Å². The summed E-state index contributed by atoms with van der Waals surface area (Å²) in [5, 5.41) is 17.3. The number of rotatable bonds is 5. The fourth-order valence-corrected chi connectivity index (χ4v) is 2.34. The molecule has 0 saturated heterocycles. The zero-order valence-electron chi connectivity index (χ0n) is 13.3. The lowest BCUT2D eigenvalue weighted by atomic mass is 10.2. The van der Waals surface area contributed by atoms with E-state index in [2.05, 4.69) is 15.2 Å². The average Bonchev–Trinajstić information content (AvgIpc) is 2.96. The molecule has 1 aromatic carbocycles. The van der Waals surface area contributed by atoms with Crippen molar-refractivity contribution in [2.45, 2.75) is 6.42 Å². The number of esters is 1. The Hall–Kier alpha value is -3.55. The van der Waals surface area contributed by atoms with Gasteiger partial charge in [-0.3, -0.25) is 9.20 Å². The van der Waals surface area contributed by atoms with E-state index in [1.807, 2.05) is 0 Å². The lowest BCUT2D eigenvalue weighted by Gasteiger charge is -2.02. The van der Waals surface area contributed by atoms with Gasteiger partial charge in [0.05, 0.1) is 24.8 Å². The number of ether oxygens (including phenoxy) is 1. The summed E-state index contributed by atoms with van der Waals surface area (Å²) in [6.45, 7) is 0. The van der Waals surface area contributed by atoms with Crippen molar-refractivity contribution in [3.05, 3.63) is 59.9 Å². The monoisotopic (exact) mass is 338 g/mol. The van der Waals surface area contributed by atoms with E-state index >= 15 is 0 Å². The number of methoxy groups -OCH3 is 1. The van der Waals surface area contributed by atoms with Gasteiger partial charge in [-0.15, -0.1) is 10.2 Å². The Morgan fingerprint density at radius 2 is 1.92 bits per heavy atom. The van der Waals surface area contributed by atoms with Gasteiger partial charge in [-0.2, -0.15) is 0 Å². The minimum Gasteiger partial charge on any atom is -0.481 e. The highest BCUT2D eigenvalue weighted by Crippen LogP contribution is 2.26. The molecule has 1 N–H and O–H groups in total. The van der Waals surface area contributed by atoms with E-state index in [1.54, 1.807) is 53.1 Å². The number of carbonyl (C=O) groups excluding carboxylic acids is 1. The maximum atomic E-state index is 11.8. The number of imidazole rings is 1. The number of pyridine rings is 1. The average molecular weight is 338 g/mol. The Morgan fingerprint density at radius 3 is 2.68 bits per heavy atom. The highest BCUT2D eigenvalue weighted by Gasteiger charge is 2.15. The Bertz CT molecular complexity index is 978. The fourth-order valence-electron chi connectivity index (χ4n) is 2.34. The Labute approximate surface area is 142 Å². The molecule has 0 bridgehead atoms. The maximum Gasteiger partial charge on any atom is 0.340 e. The molecule has 0 radical (unpaired) electrons. The van der Waals surface area contributed by atoms with Crippen LogP contribution in [0.2, 0.25) is 0 Å². The SMILES string of the molecule is COC(=O)c1ccccc1N=Nc1c(CC(=O)O)nc2ccccn12. The second-order valence-electron chi connectivity index (χ2n) is 5.09. The number of fused-ring (bicyclic) bond motifs is 1. The number of benzene rings is 1. The zero-order valence-corrected chi connectivity index (χ0v) is 13.3. The Balaban J connectivity index is 2.07. The van der Waals surface area contributed by atoms with Crippen molar-refractivity contribution >= 4 is 29.1 Å². The van der Waals surface area contributed by atoms with Crippen LogP contribution in [0, 0.1) is 0 Å². The first kappa shape index (κ1) is 16.3. The van der Waals surface area contributed by atoms with Crippen molar-refractivity contribution in [1.29, 1.82) is 0 Å². The predicted molar refractivity (Wildman–Crippen MR) is 88.5 cm³/mol. The highest BCUT2D eigenvalue weighted by atomic mass is 16.5. The lowest BCUT2D eigenvalue weighted by Crippen LogP contribution is -2.01. The third-order valence-electron chi connectivity index (χ3n) is 3.45. The maximum absolute atomic E-state index is 11.8. The molecule has 0 unspecified atom stereocenters. The van der Waals surface area contributed by atoms with E-state index in [9.17, 15) is 9.59 Å². The molecule has 0 aliphatic rings. The summed E-state index contributed by atoms with van der Waals surface area (Å²) in [7, 11) is 1.28. The van der Waals surface area contributed by atoms with Crippen LogP contribution in [0.1, 0.15) is 16.1 Å². The number of hydrogen-bond acceptors (Lipinski definition) is 6. The summed E-state index contributed by atoms with van der Waals surface area (Å²) in [5.41, 5.74) is 1.44. The molecular formula is C17H14N4O4. The number of carbonyl (C=O) groups is 2. The van der Waals surface area contributed by atoms with Crippen molar-refractivity contribution in [3.63, 3.8) is 0 Å². The summed E-state index contributed by atoms with van der Waals surface area (Å²) < 4.78 is 6.37. The van der Waals surface area contributed by atoms with Crippen LogP contribution >= 0.6 is 0 Å². The first-order valence-corrected chi connectivity index (χ1v) is 7.37. The number of carboxylic acids is 1. The van der Waals surface area contributed by atoms with Crippen LogP contribution in [0.5, 0.6) is 0 Å². The topological polar surface area (TPSA) is 106 Å². The second kappa shape index (κ2) is 6.91. The van der Waals surface area contributed by atoms with Gasteiger partial charge >= 0.3 is 11.9 Å². The molecule has 2 heterocycles. The van der Waals surface area contributed by atoms with E-state index in [-0.39, 0.29) is 17.7 Å². The molecule has 0 aliphatic carbocycles. The molecule has 3 aromatic rings. The predicted octanol–water partition coefficient (Wildman–Crippen LogP) is 3.16. The number of nitrogens with zero attached hydrogens (tertiary/aromatic N) is 4. The molecule has 2 aromatic heterocycles. The summed E-state index contributed by atoms with van der Waals surface area (Å²) in [5.74, 6) is -1.24. The number of aliphatic carboxylic acids is 1. The second-order valence-corrected chi connectivity index (χ2v) is 5.09. The van der Waals surface area contributed by atoms with Gasteiger partial charge in [0.15, 0.2) is 5.82 Å². The van der Waals surface area contributed by atoms with E-state index in [0.29, 0.717) is 17.2 Å². The number of azo groups is 1. The molecule has 0 fully saturated rings. The molecule has 126 valence electrons. The van der Waals surface area contributed by atoms with Gasteiger partial charge in [0.2, 0.25) is 0 Å². The highest BCUT2D eigenvalue weighted by molar-refractivity contribution is 5.94. The molecule has 0 atom stereocenters. The van der Waals surface area contributed by atoms with Crippen LogP contribution in [-0.4, -0.2) is 33.5 Å². The van der Waals surface area contributed by atoms with Crippen LogP contribution < -0.4 is 0 Å². The van der Waals surface area contributed by atoms with Crippen molar-refractivity contribution in [3.8, 4) is 0 Å². The number of aromatic nitrogens is 2. The van der Waals surface area contributed by atoms with Crippen molar-refractivity contribution < 1.29 is 19.4 Å². The Kier molecular flexibility index (Phi) is 4.51. The summed E-state index contributed by atoms with van der Waals surface area (Å²) in [4.78, 5) is 27.1. The van der Waals surface area contributed by atoms with Gasteiger partial charge in [-0.25, -0.2) is 9.78 Å². The normalized spacial score (nSPS) is 11.1. The van der Waals surface area contributed by atoms with E-state index in [0.717, 1.165) is 0 Å². The smallest absolute Gasteiger partial charge is 0.340 e. The number of hydrogen-bond donors (Lipinski definition) is 1. The largest absolute Gasteiger partial charge is 0.481 e. The van der Waals surface area contributed by atoms with Gasteiger partial charge in [0.1, 0.15) is 11.3 Å². The van der Waals surface area contributed by atoms with E-state index < -0.39 is 11.9 Å². The van der Waals surface area contributed by atoms with Gasteiger partial charge < -0.3 is 9.84 Å². The van der Waals surface area contributed by atoms with Crippen LogP contribution in [-0.2, 0) is 16.0 Å². The van der Waals surface area contributed by atoms with Crippen LogP contribution in [0.3, 0.4) is 0 Å². The summed E-state index contributed by atoms with van der Waals surface area (Å²) >= 11 is 0. The number of carboxylic acid groups (broad SMARTS) is 1. The standard InChI is InChI=1S/C17H14N4O4/c1-25-17(24)11-6-2-3-7-12(11)19-20-16-13(10-15(22)23)18-14-8-4-5-9-21(14)16/h2-9H,10H2,1H3,(H,22,23). The molecular weight excluding hydrogens is 324 g/mol. The molecule has 0 spiro atoms. The van der Waals surface area contributed by atoms with Gasteiger partial charge in [-0.1, -0.05) is 18.2 Å². The zero-order chi connectivity index (χ0) is 17.8. The fraction of sp³-hybridized carbons (Fsp3) is 0.118. The van der Waals surface area contributed by atoms with Crippen LogP contribution in [0.15, 0.2) is 58.9 Å². The van der Waals surface area contributed by atoms with E-state index in [4.69, 9.17) is 9.84 Å². The summed E-state index contributed by atoms with van der Waals surface area (Å²) in [6.07, 6.45) is 1.43. The quantitative estimate of drug-likeness (QED) is 0.568. The van der Waals surface area contributed by atoms with Gasteiger partial charge in [0, 0.05) is 6.20 Å². The minimum atomic E-state index is -1.02. The Morgan fingerprint density at radius 1 is 1.16 bits per heavy atom. The summed E-state index contributed by atoms with van der Waals surface area (Å²) in [6, 6.07) is 11.9. The molecule has 25 heavy (non-hydrogen) atoms. The third kappa shape index (κ3) is 3.37. The first-order valence-electron chi connectivity index (χ1n) is 7.37.